The van der Waals surface area contributed by atoms with Gasteiger partial charge in [-0.05, 0) is 87.2 Å². The summed E-state index contributed by atoms with van der Waals surface area (Å²) in [6.07, 6.45) is 8.81. The monoisotopic (exact) mass is 391 g/mol. The first-order valence-electron chi connectivity index (χ1n) is 10.1. The minimum Gasteiger partial charge on any atom is -0.385 e. The molecule has 0 bridgehead atoms. The summed E-state index contributed by atoms with van der Waals surface area (Å²) >= 11 is 0. The molecule has 2 fully saturated rings. The van der Waals surface area contributed by atoms with Gasteiger partial charge in [0, 0.05) is 0 Å². The molecule has 2 aliphatic carbocycles. The maximum absolute atomic E-state index is 12.1. The molecule has 1 aromatic carbocycles. The Morgan fingerprint density at radius 1 is 1.11 bits per heavy atom. The first-order valence-corrected chi connectivity index (χ1v) is 11.9. The number of nitrogens with one attached hydrogen (secondary N) is 1. The van der Waals surface area contributed by atoms with E-state index in [0.717, 1.165) is 43.1 Å². The van der Waals surface area contributed by atoms with Gasteiger partial charge in [0.1, 0.15) is 5.76 Å². The Labute approximate surface area is 164 Å². The normalized spacial score (nSPS) is 20.9. The van der Waals surface area contributed by atoms with Crippen LogP contribution in [0.5, 0.6) is 0 Å². The molecule has 3 rings (SSSR count). The van der Waals surface area contributed by atoms with Crippen LogP contribution in [0.4, 0.5) is 0 Å². The molecule has 0 saturated heterocycles. The van der Waals surface area contributed by atoms with Gasteiger partial charge >= 0.3 is 10.1 Å². The molecule has 0 aliphatic heterocycles. The van der Waals surface area contributed by atoms with Gasteiger partial charge in [-0.3, -0.25) is 0 Å². The molecule has 5 heteroatoms. The third-order valence-corrected chi connectivity index (χ3v) is 6.64. The van der Waals surface area contributed by atoms with E-state index in [1.165, 1.54) is 36.0 Å². The average Bonchev–Trinajstić information content (AvgIpc) is 3.44. The van der Waals surface area contributed by atoms with Gasteiger partial charge in [0.05, 0.1) is 11.8 Å². The minimum atomic E-state index is -3.61. The Morgan fingerprint density at radius 3 is 2.11 bits per heavy atom. The second-order valence-corrected chi connectivity index (χ2v) is 10.0. The van der Waals surface area contributed by atoms with Gasteiger partial charge < -0.3 is 9.50 Å². The van der Waals surface area contributed by atoms with Crippen molar-refractivity contribution in [3.05, 3.63) is 40.1 Å². The number of benzene rings is 1. The lowest BCUT2D eigenvalue weighted by molar-refractivity contribution is 0.218. The van der Waals surface area contributed by atoms with Crippen molar-refractivity contribution >= 4 is 15.7 Å². The lowest BCUT2D eigenvalue weighted by Crippen LogP contribution is -2.48. The van der Waals surface area contributed by atoms with Crippen LogP contribution in [-0.2, 0) is 14.3 Å². The Bertz CT molecular complexity index is 821. The van der Waals surface area contributed by atoms with Crippen LogP contribution in [-0.4, -0.2) is 27.3 Å². The lowest BCUT2D eigenvalue weighted by Gasteiger charge is -2.39. The van der Waals surface area contributed by atoms with Crippen LogP contribution in [0.15, 0.2) is 17.9 Å². The van der Waals surface area contributed by atoms with E-state index in [1.54, 1.807) is 0 Å². The summed E-state index contributed by atoms with van der Waals surface area (Å²) in [6, 6.07) is 4.54. The van der Waals surface area contributed by atoms with Gasteiger partial charge in [-0.2, -0.15) is 8.42 Å². The molecule has 2 aliphatic rings. The van der Waals surface area contributed by atoms with Crippen molar-refractivity contribution in [3.63, 3.8) is 0 Å². The minimum absolute atomic E-state index is 0.417. The van der Waals surface area contributed by atoms with Gasteiger partial charge in [-0.15, -0.1) is 0 Å². The molecule has 0 unspecified atom stereocenters. The highest BCUT2D eigenvalue weighted by molar-refractivity contribution is 7.86. The summed E-state index contributed by atoms with van der Waals surface area (Å²) in [4.78, 5) is 0. The molecule has 27 heavy (non-hydrogen) atoms. The van der Waals surface area contributed by atoms with Crippen LogP contribution in [0.1, 0.15) is 80.0 Å². The topological polar surface area (TPSA) is 55.4 Å². The van der Waals surface area contributed by atoms with E-state index in [-0.39, 0.29) is 0 Å². The van der Waals surface area contributed by atoms with E-state index in [1.807, 2.05) is 14.0 Å². The Hall–Kier alpha value is -1.33. The van der Waals surface area contributed by atoms with Gasteiger partial charge in [0.15, 0.2) is 0 Å². The third-order valence-electron chi connectivity index (χ3n) is 6.17. The molecular formula is C22H33NO3S. The van der Waals surface area contributed by atoms with Crippen LogP contribution < -0.4 is 5.32 Å². The number of likely N-dealkylation sites (N-methyl/N-ethyl adjacent to an activating group) is 1. The molecule has 4 nitrogen and oxygen atoms in total. The SMILES string of the molecule is CNC1(/C(OS(C)(=O)=O)=C(\C)c2c(C)cc(C3CC3)cc2C)CCCCC1. The molecule has 150 valence electrons. The molecule has 0 heterocycles. The Kier molecular flexibility index (Phi) is 5.74. The second-order valence-electron chi connectivity index (χ2n) is 8.44. The van der Waals surface area contributed by atoms with Crippen molar-refractivity contribution in [2.75, 3.05) is 13.3 Å². The zero-order valence-electron chi connectivity index (χ0n) is 17.3. The van der Waals surface area contributed by atoms with Crippen LogP contribution in [0.3, 0.4) is 0 Å². The van der Waals surface area contributed by atoms with Crippen molar-refractivity contribution in [2.24, 2.45) is 0 Å². The van der Waals surface area contributed by atoms with Crippen molar-refractivity contribution in [1.29, 1.82) is 0 Å². The van der Waals surface area contributed by atoms with E-state index >= 15 is 0 Å². The van der Waals surface area contributed by atoms with Crippen LogP contribution in [0, 0.1) is 13.8 Å². The third kappa shape index (κ3) is 4.40. The van der Waals surface area contributed by atoms with Gasteiger partial charge in [0.2, 0.25) is 0 Å². The van der Waals surface area contributed by atoms with E-state index < -0.39 is 15.7 Å². The molecule has 2 saturated carbocycles. The molecule has 0 spiro atoms. The van der Waals surface area contributed by atoms with Crippen LogP contribution >= 0.6 is 0 Å². The van der Waals surface area contributed by atoms with Crippen molar-refractivity contribution in [2.45, 2.75) is 77.2 Å². The number of hydrogen-bond donors (Lipinski definition) is 1. The summed E-state index contributed by atoms with van der Waals surface area (Å²) in [7, 11) is -1.69. The fourth-order valence-corrected chi connectivity index (χ4v) is 5.34. The summed E-state index contributed by atoms with van der Waals surface area (Å²) in [6.45, 7) is 6.27. The van der Waals surface area contributed by atoms with Crippen molar-refractivity contribution < 1.29 is 12.6 Å². The lowest BCUT2D eigenvalue weighted by atomic mass is 9.77. The number of aryl methyl sites for hydroxylation is 2. The Morgan fingerprint density at radius 2 is 1.67 bits per heavy atom. The van der Waals surface area contributed by atoms with E-state index in [2.05, 4.69) is 31.3 Å². The predicted octanol–water partition coefficient (Wildman–Crippen LogP) is 4.81. The highest BCUT2D eigenvalue weighted by Crippen LogP contribution is 2.44. The maximum atomic E-state index is 12.1. The summed E-state index contributed by atoms with van der Waals surface area (Å²) in [5, 5.41) is 3.42. The second kappa shape index (κ2) is 7.59. The zero-order chi connectivity index (χ0) is 19.8. The van der Waals surface area contributed by atoms with Crippen molar-refractivity contribution in [1.82, 2.24) is 5.32 Å². The fourth-order valence-electron chi connectivity index (χ4n) is 4.75. The standard InChI is InChI=1S/C22H33NO3S/c1-15-13-19(18-9-10-18)14-16(2)20(15)17(3)21(26-27(5,24)25)22(23-4)11-7-6-8-12-22/h13-14,18,23H,6-12H2,1-5H3/b21-17-. The fraction of sp³-hybridized carbons (Fsp3) is 0.636. The van der Waals surface area contributed by atoms with Crippen molar-refractivity contribution in [3.8, 4) is 0 Å². The van der Waals surface area contributed by atoms with Crippen LogP contribution in [0.25, 0.3) is 5.57 Å². The molecular weight excluding hydrogens is 358 g/mol. The van der Waals surface area contributed by atoms with Gasteiger partial charge in [-0.25, -0.2) is 0 Å². The largest absolute Gasteiger partial charge is 0.385 e. The van der Waals surface area contributed by atoms with E-state index in [9.17, 15) is 8.42 Å². The maximum Gasteiger partial charge on any atom is 0.306 e. The van der Waals surface area contributed by atoms with E-state index in [4.69, 9.17) is 4.18 Å². The average molecular weight is 392 g/mol. The predicted molar refractivity (Wildman–Crippen MR) is 111 cm³/mol. The molecule has 1 N–H and O–H groups in total. The smallest absolute Gasteiger partial charge is 0.306 e. The molecule has 0 aromatic heterocycles. The Balaban J connectivity index is 2.15. The van der Waals surface area contributed by atoms with Crippen LogP contribution in [0.2, 0.25) is 0 Å². The molecule has 1 aromatic rings. The summed E-state index contributed by atoms with van der Waals surface area (Å²) in [5.74, 6) is 1.28. The quantitative estimate of drug-likeness (QED) is 0.558. The highest BCUT2D eigenvalue weighted by atomic mass is 32.2. The number of hydrogen-bond acceptors (Lipinski definition) is 4. The summed E-state index contributed by atoms with van der Waals surface area (Å²) in [5.41, 5.74) is 5.46. The summed E-state index contributed by atoms with van der Waals surface area (Å²) < 4.78 is 29.9. The number of rotatable bonds is 6. The molecule has 0 radical (unpaired) electrons. The zero-order valence-corrected chi connectivity index (χ0v) is 18.1. The first-order chi connectivity index (χ1) is 12.7. The molecule has 0 atom stereocenters. The first kappa shape index (κ1) is 20.4. The highest BCUT2D eigenvalue weighted by Gasteiger charge is 2.39. The van der Waals surface area contributed by atoms with Gasteiger partial charge in [-0.1, -0.05) is 31.4 Å². The molecule has 0 amide bonds. The van der Waals surface area contributed by atoms with Gasteiger partial charge in [0.25, 0.3) is 0 Å². The van der Waals surface area contributed by atoms with E-state index in [0.29, 0.717) is 11.7 Å². The number of allylic oxidation sites excluding steroid dienone is 1.